The summed E-state index contributed by atoms with van der Waals surface area (Å²) in [6.45, 7) is 8.28. The summed E-state index contributed by atoms with van der Waals surface area (Å²) in [5, 5.41) is 16.5. The summed E-state index contributed by atoms with van der Waals surface area (Å²) in [7, 11) is 0. The number of hydrogen-bond donors (Lipinski definition) is 2. The molecule has 0 aliphatic carbocycles. The fraction of sp³-hybridized carbons (Fsp3) is 0.375. The van der Waals surface area contributed by atoms with Crippen LogP contribution in [0.1, 0.15) is 37.9 Å². The Morgan fingerprint density at radius 2 is 1.80 bits per heavy atom. The molecule has 2 N–H and O–H groups in total. The highest BCUT2D eigenvalue weighted by molar-refractivity contribution is 7.80. The number of thiocarbonyl (C=S) groups is 1. The average molecular weight is 285 g/mol. The molecule has 0 aromatic heterocycles. The van der Waals surface area contributed by atoms with E-state index in [4.69, 9.17) is 12.2 Å². The van der Waals surface area contributed by atoms with E-state index in [0.717, 1.165) is 11.3 Å². The summed E-state index contributed by atoms with van der Waals surface area (Å²) in [5.74, 6) is 0. The van der Waals surface area contributed by atoms with E-state index in [1.807, 2.05) is 31.2 Å². The van der Waals surface area contributed by atoms with Gasteiger partial charge in [0.15, 0.2) is 5.11 Å². The maximum absolute atomic E-state index is 9.57. The molecule has 0 amide bonds. The Bertz CT molecular complexity index is 600. The van der Waals surface area contributed by atoms with Gasteiger partial charge in [0, 0.05) is 11.1 Å². The molecular formula is C16H19N3S. The fourth-order valence-electron chi connectivity index (χ4n) is 2.29. The third kappa shape index (κ3) is 2.83. The van der Waals surface area contributed by atoms with Crippen LogP contribution in [-0.4, -0.2) is 5.11 Å². The molecule has 1 heterocycles. The molecule has 0 saturated heterocycles. The highest BCUT2D eigenvalue weighted by atomic mass is 32.1. The van der Waals surface area contributed by atoms with Crippen LogP contribution in [0.25, 0.3) is 0 Å². The van der Waals surface area contributed by atoms with Gasteiger partial charge < -0.3 is 10.6 Å². The van der Waals surface area contributed by atoms with Gasteiger partial charge >= 0.3 is 0 Å². The van der Waals surface area contributed by atoms with Crippen molar-refractivity contribution in [2.24, 2.45) is 5.41 Å². The number of nitriles is 1. The summed E-state index contributed by atoms with van der Waals surface area (Å²) in [6.07, 6.45) is 0. The fourth-order valence-corrected chi connectivity index (χ4v) is 2.51. The van der Waals surface area contributed by atoms with Crippen LogP contribution in [0.4, 0.5) is 0 Å². The second kappa shape index (κ2) is 5.26. The molecule has 0 spiro atoms. The summed E-state index contributed by atoms with van der Waals surface area (Å²) < 4.78 is 0. The van der Waals surface area contributed by atoms with Gasteiger partial charge in [0.25, 0.3) is 0 Å². The number of rotatable bonds is 1. The Kier molecular flexibility index (Phi) is 3.82. The smallest absolute Gasteiger partial charge is 0.171 e. The molecule has 0 saturated carbocycles. The van der Waals surface area contributed by atoms with Gasteiger partial charge in [0.05, 0.1) is 17.7 Å². The lowest BCUT2D eigenvalue weighted by atomic mass is 9.84. The predicted octanol–water partition coefficient (Wildman–Crippen LogP) is 3.34. The van der Waals surface area contributed by atoms with Crippen molar-refractivity contribution < 1.29 is 0 Å². The molecule has 2 rings (SSSR count). The number of hydrogen-bond acceptors (Lipinski definition) is 2. The first-order valence-electron chi connectivity index (χ1n) is 6.62. The van der Waals surface area contributed by atoms with E-state index in [9.17, 15) is 5.26 Å². The minimum atomic E-state index is -0.177. The van der Waals surface area contributed by atoms with Gasteiger partial charge in [-0.3, -0.25) is 0 Å². The van der Waals surface area contributed by atoms with Crippen LogP contribution in [0.5, 0.6) is 0 Å². The maximum atomic E-state index is 9.57. The van der Waals surface area contributed by atoms with E-state index in [1.54, 1.807) is 0 Å². The Balaban J connectivity index is 2.54. The lowest BCUT2D eigenvalue weighted by Gasteiger charge is -2.34. The summed E-state index contributed by atoms with van der Waals surface area (Å²) in [5.41, 5.74) is 3.70. The molecule has 0 unspecified atom stereocenters. The van der Waals surface area contributed by atoms with Gasteiger partial charge in [-0.1, -0.05) is 50.6 Å². The molecule has 104 valence electrons. The molecule has 1 aromatic carbocycles. The minimum absolute atomic E-state index is 0.153. The average Bonchev–Trinajstić information content (AvgIpc) is 2.37. The molecule has 1 aromatic rings. The Morgan fingerprint density at radius 3 is 2.30 bits per heavy atom. The molecule has 4 heteroatoms. The zero-order valence-electron chi connectivity index (χ0n) is 12.2. The maximum Gasteiger partial charge on any atom is 0.171 e. The Labute approximate surface area is 125 Å². The van der Waals surface area contributed by atoms with Crippen molar-refractivity contribution >= 4 is 17.3 Å². The monoisotopic (exact) mass is 285 g/mol. The van der Waals surface area contributed by atoms with Crippen molar-refractivity contribution in [2.45, 2.75) is 33.7 Å². The largest absolute Gasteiger partial charge is 0.351 e. The molecule has 1 aliphatic heterocycles. The van der Waals surface area contributed by atoms with Gasteiger partial charge in [-0.25, -0.2) is 0 Å². The number of nitrogens with zero attached hydrogens (tertiary/aromatic N) is 1. The first-order valence-corrected chi connectivity index (χ1v) is 7.02. The van der Waals surface area contributed by atoms with Crippen LogP contribution in [0.2, 0.25) is 0 Å². The van der Waals surface area contributed by atoms with Crippen molar-refractivity contribution in [2.75, 3.05) is 0 Å². The second-order valence-corrected chi connectivity index (χ2v) is 6.50. The van der Waals surface area contributed by atoms with Gasteiger partial charge in [-0.15, -0.1) is 0 Å². The molecule has 1 aliphatic rings. The molecule has 1 atom stereocenters. The number of nitrogens with one attached hydrogen (secondary N) is 2. The topological polar surface area (TPSA) is 47.8 Å². The van der Waals surface area contributed by atoms with E-state index < -0.39 is 0 Å². The molecule has 0 bridgehead atoms. The number of aryl methyl sites for hydroxylation is 1. The molecule has 0 fully saturated rings. The standard InChI is InChI=1S/C16H19N3S/c1-10-5-7-11(8-6-10)13-12(9-17)14(16(2,3)4)19-15(20)18-13/h5-8,13H,1-4H3,(H2,18,19,20)/t13-/m0/s1. The lowest BCUT2D eigenvalue weighted by molar-refractivity contribution is 0.462. The van der Waals surface area contributed by atoms with Crippen LogP contribution >= 0.6 is 12.2 Å². The number of allylic oxidation sites excluding steroid dienone is 1. The Hall–Kier alpha value is -1.86. The van der Waals surface area contributed by atoms with Gasteiger partial charge in [0.1, 0.15) is 0 Å². The van der Waals surface area contributed by atoms with E-state index >= 15 is 0 Å². The lowest BCUT2D eigenvalue weighted by Crippen LogP contribution is -2.46. The zero-order chi connectivity index (χ0) is 14.9. The third-order valence-electron chi connectivity index (χ3n) is 3.35. The van der Waals surface area contributed by atoms with Crippen molar-refractivity contribution in [3.63, 3.8) is 0 Å². The van der Waals surface area contributed by atoms with E-state index in [1.165, 1.54) is 5.56 Å². The van der Waals surface area contributed by atoms with Crippen molar-refractivity contribution in [3.8, 4) is 6.07 Å². The highest BCUT2D eigenvalue weighted by Crippen LogP contribution is 2.34. The van der Waals surface area contributed by atoms with Gasteiger partial charge in [-0.2, -0.15) is 5.26 Å². The number of benzene rings is 1. The molecule has 3 nitrogen and oxygen atoms in total. The zero-order valence-corrected chi connectivity index (χ0v) is 13.1. The van der Waals surface area contributed by atoms with Crippen LogP contribution in [0, 0.1) is 23.7 Å². The van der Waals surface area contributed by atoms with Gasteiger partial charge in [-0.05, 0) is 24.7 Å². The van der Waals surface area contributed by atoms with Crippen molar-refractivity contribution in [3.05, 3.63) is 46.7 Å². The van der Waals surface area contributed by atoms with Crippen LogP contribution < -0.4 is 10.6 Å². The Morgan fingerprint density at radius 1 is 1.20 bits per heavy atom. The minimum Gasteiger partial charge on any atom is -0.351 e. The van der Waals surface area contributed by atoms with E-state index in [-0.39, 0.29) is 11.5 Å². The summed E-state index contributed by atoms with van der Waals surface area (Å²) in [4.78, 5) is 0. The SMILES string of the molecule is Cc1ccc([C@@H]2NC(=S)NC(C(C)(C)C)=C2C#N)cc1. The molecular weight excluding hydrogens is 266 g/mol. The quantitative estimate of drug-likeness (QED) is 0.777. The van der Waals surface area contributed by atoms with E-state index in [2.05, 4.69) is 37.5 Å². The summed E-state index contributed by atoms with van der Waals surface area (Å²) in [6, 6.07) is 10.3. The van der Waals surface area contributed by atoms with Crippen LogP contribution in [-0.2, 0) is 0 Å². The molecule has 20 heavy (non-hydrogen) atoms. The molecule has 0 radical (unpaired) electrons. The highest BCUT2D eigenvalue weighted by Gasteiger charge is 2.32. The van der Waals surface area contributed by atoms with Crippen LogP contribution in [0.15, 0.2) is 35.5 Å². The normalized spacial score (nSPS) is 19.1. The third-order valence-corrected chi connectivity index (χ3v) is 3.57. The van der Waals surface area contributed by atoms with E-state index in [0.29, 0.717) is 10.7 Å². The van der Waals surface area contributed by atoms with Crippen molar-refractivity contribution in [1.82, 2.24) is 10.6 Å². The summed E-state index contributed by atoms with van der Waals surface area (Å²) >= 11 is 5.29. The predicted molar refractivity (Wildman–Crippen MR) is 84.9 cm³/mol. The van der Waals surface area contributed by atoms with Crippen molar-refractivity contribution in [1.29, 1.82) is 5.26 Å². The van der Waals surface area contributed by atoms with Crippen LogP contribution in [0.3, 0.4) is 0 Å². The first-order chi connectivity index (χ1) is 9.32. The van der Waals surface area contributed by atoms with Gasteiger partial charge in [0.2, 0.25) is 0 Å². The second-order valence-electron chi connectivity index (χ2n) is 6.09. The first kappa shape index (κ1) is 14.5.